The molecule has 0 radical (unpaired) electrons. The van der Waals surface area contributed by atoms with Crippen molar-refractivity contribution in [2.75, 3.05) is 23.1 Å². The number of hydrogen-bond donors (Lipinski definition) is 2. The van der Waals surface area contributed by atoms with Crippen LogP contribution in [-0.2, 0) is 9.59 Å². The summed E-state index contributed by atoms with van der Waals surface area (Å²) in [4.78, 5) is 31.0. The van der Waals surface area contributed by atoms with Gasteiger partial charge in [0.25, 0.3) is 5.91 Å². The number of halogens is 1. The van der Waals surface area contributed by atoms with Gasteiger partial charge in [0.2, 0.25) is 5.91 Å². The smallest absolute Gasteiger partial charge is 0.269 e. The summed E-state index contributed by atoms with van der Waals surface area (Å²) in [7, 11) is 1.48. The largest absolute Gasteiger partial charge is 0.495 e. The molecule has 1 aliphatic heterocycles. The highest BCUT2D eigenvalue weighted by atomic mass is 35.5. The lowest BCUT2D eigenvalue weighted by molar-refractivity contribution is -0.128. The summed E-state index contributed by atoms with van der Waals surface area (Å²) < 4.78 is 10.8. The van der Waals surface area contributed by atoms with Crippen molar-refractivity contribution in [3.63, 3.8) is 0 Å². The van der Waals surface area contributed by atoms with Crippen molar-refractivity contribution in [1.29, 1.82) is 0 Å². The van der Waals surface area contributed by atoms with Gasteiger partial charge >= 0.3 is 0 Å². The van der Waals surface area contributed by atoms with E-state index >= 15 is 0 Å². The maximum atomic E-state index is 12.8. The van der Waals surface area contributed by atoms with Crippen LogP contribution in [-0.4, -0.2) is 36.1 Å². The van der Waals surface area contributed by atoms with E-state index in [0.717, 1.165) is 0 Å². The zero-order valence-corrected chi connectivity index (χ0v) is 15.8. The minimum atomic E-state index is -0.874. The van der Waals surface area contributed by atoms with Crippen LogP contribution in [0.15, 0.2) is 30.3 Å². The Labute approximate surface area is 161 Å². The molecule has 1 aliphatic rings. The predicted molar refractivity (Wildman–Crippen MR) is 102 cm³/mol. The second kappa shape index (κ2) is 7.32. The minimum absolute atomic E-state index is 0.207. The number of carbonyl (C=O) groups excluding carboxylic acids is 2. The first kappa shape index (κ1) is 18.8. The van der Waals surface area contributed by atoms with E-state index in [1.54, 1.807) is 44.2 Å². The van der Waals surface area contributed by atoms with Gasteiger partial charge in [-0.2, -0.15) is 0 Å². The Hall–Kier alpha value is -3.00. The van der Waals surface area contributed by atoms with Crippen LogP contribution in [0, 0.1) is 0 Å². The summed E-state index contributed by atoms with van der Waals surface area (Å²) in [6.45, 7) is 3.20. The SMILES string of the molecule is COc1ccc(Cl)cc1NC(=O)C(C)N1C(=O)C(C)Oc2ccc(N)nc21. The van der Waals surface area contributed by atoms with Crippen molar-refractivity contribution in [2.45, 2.75) is 26.0 Å². The number of ether oxygens (including phenoxy) is 2. The first-order valence-electron chi connectivity index (χ1n) is 8.22. The van der Waals surface area contributed by atoms with Crippen LogP contribution in [0.3, 0.4) is 0 Å². The molecule has 0 spiro atoms. The van der Waals surface area contributed by atoms with Gasteiger partial charge in [-0.05, 0) is 44.2 Å². The van der Waals surface area contributed by atoms with Crippen molar-refractivity contribution in [1.82, 2.24) is 4.98 Å². The number of pyridine rings is 1. The number of fused-ring (bicyclic) bond motifs is 1. The van der Waals surface area contributed by atoms with E-state index < -0.39 is 18.1 Å². The molecule has 2 heterocycles. The third-order valence-electron chi connectivity index (χ3n) is 4.16. The van der Waals surface area contributed by atoms with Crippen LogP contribution in [0.25, 0.3) is 0 Å². The molecule has 0 bridgehead atoms. The fourth-order valence-electron chi connectivity index (χ4n) is 2.76. The number of carbonyl (C=O) groups is 2. The molecule has 1 aromatic carbocycles. The number of methoxy groups -OCH3 is 1. The van der Waals surface area contributed by atoms with Crippen molar-refractivity contribution >= 4 is 40.7 Å². The number of benzene rings is 1. The number of amides is 2. The van der Waals surface area contributed by atoms with Gasteiger partial charge in [-0.15, -0.1) is 0 Å². The number of nitrogen functional groups attached to an aromatic ring is 1. The van der Waals surface area contributed by atoms with Crippen LogP contribution in [0.4, 0.5) is 17.3 Å². The van der Waals surface area contributed by atoms with E-state index in [2.05, 4.69) is 10.3 Å². The number of hydrogen-bond acceptors (Lipinski definition) is 6. The lowest BCUT2D eigenvalue weighted by atomic mass is 10.1. The maximum absolute atomic E-state index is 12.8. The highest BCUT2D eigenvalue weighted by Crippen LogP contribution is 2.35. The minimum Gasteiger partial charge on any atom is -0.495 e. The van der Waals surface area contributed by atoms with Crippen LogP contribution < -0.4 is 25.4 Å². The lowest BCUT2D eigenvalue weighted by Crippen LogP contribution is -2.53. The summed E-state index contributed by atoms with van der Waals surface area (Å²) in [6, 6.07) is 7.18. The molecule has 2 aromatic rings. The second-order valence-corrected chi connectivity index (χ2v) is 6.47. The molecule has 0 saturated heterocycles. The van der Waals surface area contributed by atoms with Crippen LogP contribution >= 0.6 is 11.6 Å². The Bertz CT molecular complexity index is 905. The average Bonchev–Trinajstić information content (AvgIpc) is 2.63. The monoisotopic (exact) mass is 390 g/mol. The highest BCUT2D eigenvalue weighted by molar-refractivity contribution is 6.31. The molecule has 142 valence electrons. The summed E-state index contributed by atoms with van der Waals surface area (Å²) in [5.41, 5.74) is 6.14. The quantitative estimate of drug-likeness (QED) is 0.830. The molecule has 0 aliphatic carbocycles. The standard InChI is InChI=1S/C18H19ClN4O4/c1-9(17(24)21-12-8-11(19)4-5-13(12)26-3)23-16-14(6-7-15(20)22-16)27-10(2)18(23)25/h4-10H,1-3H3,(H2,20,22)(H,21,24). The molecule has 9 heteroatoms. The first-order valence-corrected chi connectivity index (χ1v) is 8.60. The number of aromatic nitrogens is 1. The summed E-state index contributed by atoms with van der Waals surface area (Å²) in [6.07, 6.45) is -0.751. The van der Waals surface area contributed by atoms with Gasteiger partial charge in [-0.25, -0.2) is 4.98 Å². The van der Waals surface area contributed by atoms with E-state index in [1.165, 1.54) is 12.0 Å². The molecule has 3 rings (SSSR count). The van der Waals surface area contributed by atoms with Gasteiger partial charge in [0.15, 0.2) is 17.7 Å². The van der Waals surface area contributed by atoms with Crippen LogP contribution in [0.1, 0.15) is 13.8 Å². The summed E-state index contributed by atoms with van der Waals surface area (Å²) in [5, 5.41) is 3.18. The van der Waals surface area contributed by atoms with Gasteiger partial charge < -0.3 is 20.5 Å². The van der Waals surface area contributed by atoms with Gasteiger partial charge in [0.05, 0.1) is 12.8 Å². The number of anilines is 3. The van der Waals surface area contributed by atoms with E-state index in [1.807, 2.05) is 0 Å². The average molecular weight is 391 g/mol. The molecule has 0 saturated carbocycles. The van der Waals surface area contributed by atoms with Crippen LogP contribution in [0.2, 0.25) is 5.02 Å². The van der Waals surface area contributed by atoms with Crippen molar-refractivity contribution < 1.29 is 19.1 Å². The summed E-state index contributed by atoms with van der Waals surface area (Å²) in [5.74, 6) is 0.433. The van der Waals surface area contributed by atoms with Crippen LogP contribution in [0.5, 0.6) is 11.5 Å². The van der Waals surface area contributed by atoms with E-state index in [9.17, 15) is 9.59 Å². The molecular formula is C18H19ClN4O4. The lowest BCUT2D eigenvalue weighted by Gasteiger charge is -2.35. The Morgan fingerprint density at radius 2 is 2.15 bits per heavy atom. The molecule has 1 aromatic heterocycles. The first-order chi connectivity index (χ1) is 12.8. The molecule has 8 nitrogen and oxygen atoms in total. The normalized spacial score (nSPS) is 17.0. The highest BCUT2D eigenvalue weighted by Gasteiger charge is 2.38. The molecule has 2 unspecified atom stereocenters. The molecular weight excluding hydrogens is 372 g/mol. The van der Waals surface area contributed by atoms with Gasteiger partial charge in [0, 0.05) is 5.02 Å². The van der Waals surface area contributed by atoms with Crippen molar-refractivity contribution in [3.8, 4) is 11.5 Å². The predicted octanol–water partition coefficient (Wildman–Crippen LogP) is 2.47. The number of nitrogens with zero attached hydrogens (tertiary/aromatic N) is 2. The third kappa shape index (κ3) is 3.61. The fourth-order valence-corrected chi connectivity index (χ4v) is 2.93. The number of nitrogens with two attached hydrogens (primary N) is 1. The Morgan fingerprint density at radius 3 is 2.85 bits per heavy atom. The Balaban J connectivity index is 1.92. The molecule has 3 N–H and O–H groups in total. The van der Waals surface area contributed by atoms with Crippen molar-refractivity contribution in [3.05, 3.63) is 35.4 Å². The third-order valence-corrected chi connectivity index (χ3v) is 4.40. The Kier molecular flexibility index (Phi) is 5.09. The van der Waals surface area contributed by atoms with E-state index in [4.69, 9.17) is 26.8 Å². The molecule has 0 fully saturated rings. The molecule has 2 atom stereocenters. The molecule has 27 heavy (non-hydrogen) atoms. The zero-order chi connectivity index (χ0) is 19.7. The summed E-state index contributed by atoms with van der Waals surface area (Å²) >= 11 is 6.00. The van der Waals surface area contributed by atoms with E-state index in [-0.39, 0.29) is 17.5 Å². The van der Waals surface area contributed by atoms with Gasteiger partial charge in [-0.3, -0.25) is 14.5 Å². The second-order valence-electron chi connectivity index (χ2n) is 6.04. The van der Waals surface area contributed by atoms with Crippen molar-refractivity contribution in [2.24, 2.45) is 0 Å². The molecule has 2 amide bonds. The van der Waals surface area contributed by atoms with Gasteiger partial charge in [-0.1, -0.05) is 11.6 Å². The number of nitrogens with one attached hydrogen (secondary N) is 1. The Morgan fingerprint density at radius 1 is 1.41 bits per heavy atom. The fraction of sp³-hybridized carbons (Fsp3) is 0.278. The number of rotatable bonds is 4. The zero-order valence-electron chi connectivity index (χ0n) is 15.0. The van der Waals surface area contributed by atoms with Gasteiger partial charge in [0.1, 0.15) is 17.6 Å². The van der Waals surface area contributed by atoms with E-state index in [0.29, 0.717) is 22.2 Å². The topological polar surface area (TPSA) is 107 Å². The maximum Gasteiger partial charge on any atom is 0.269 e.